The van der Waals surface area contributed by atoms with Gasteiger partial charge in [-0.25, -0.2) is 0 Å². The lowest BCUT2D eigenvalue weighted by Gasteiger charge is -2.03. The van der Waals surface area contributed by atoms with Crippen molar-refractivity contribution >= 4 is 17.4 Å². The SMILES string of the molecule is C[C@H]1NC(=S)O[C@@H]1C. The molecule has 1 N–H and O–H groups in total. The summed E-state index contributed by atoms with van der Waals surface area (Å²) >= 11 is 4.74. The molecule has 3 heteroatoms. The third-order valence-corrected chi connectivity index (χ3v) is 1.56. The first-order chi connectivity index (χ1) is 3.70. The van der Waals surface area contributed by atoms with Crippen LogP contribution in [0.3, 0.4) is 0 Å². The van der Waals surface area contributed by atoms with Crippen molar-refractivity contribution in [2.45, 2.75) is 26.0 Å². The van der Waals surface area contributed by atoms with Gasteiger partial charge in [0.25, 0.3) is 5.17 Å². The first kappa shape index (κ1) is 5.82. The largest absolute Gasteiger partial charge is 0.466 e. The van der Waals surface area contributed by atoms with E-state index in [2.05, 4.69) is 5.32 Å². The first-order valence-corrected chi connectivity index (χ1v) is 3.08. The summed E-state index contributed by atoms with van der Waals surface area (Å²) < 4.78 is 5.09. The Morgan fingerprint density at radius 3 is 2.38 bits per heavy atom. The van der Waals surface area contributed by atoms with E-state index in [1.54, 1.807) is 0 Å². The molecule has 1 aliphatic heterocycles. The van der Waals surface area contributed by atoms with Crippen molar-refractivity contribution in [1.82, 2.24) is 5.32 Å². The normalized spacial score (nSPS) is 36.5. The van der Waals surface area contributed by atoms with E-state index >= 15 is 0 Å². The van der Waals surface area contributed by atoms with Crippen molar-refractivity contribution in [2.75, 3.05) is 0 Å². The Morgan fingerprint density at radius 2 is 2.25 bits per heavy atom. The molecule has 1 aliphatic rings. The van der Waals surface area contributed by atoms with Crippen LogP contribution in [0, 0.1) is 0 Å². The monoisotopic (exact) mass is 131 g/mol. The molecule has 2 nitrogen and oxygen atoms in total. The van der Waals surface area contributed by atoms with Crippen LogP contribution in [-0.2, 0) is 4.74 Å². The molecule has 46 valence electrons. The molecule has 0 aromatic rings. The summed E-state index contributed by atoms with van der Waals surface area (Å²) in [7, 11) is 0. The Kier molecular flexibility index (Phi) is 1.38. The fourth-order valence-electron chi connectivity index (χ4n) is 0.608. The first-order valence-electron chi connectivity index (χ1n) is 2.67. The molecule has 0 unspecified atom stereocenters. The molecule has 0 spiro atoms. The summed E-state index contributed by atoms with van der Waals surface area (Å²) in [6, 6.07) is 0.377. The molecule has 0 amide bonds. The van der Waals surface area contributed by atoms with Gasteiger partial charge in [-0.15, -0.1) is 0 Å². The van der Waals surface area contributed by atoms with Crippen LogP contribution < -0.4 is 5.32 Å². The zero-order valence-corrected chi connectivity index (χ0v) is 5.79. The van der Waals surface area contributed by atoms with E-state index in [-0.39, 0.29) is 6.10 Å². The zero-order valence-electron chi connectivity index (χ0n) is 4.97. The third kappa shape index (κ3) is 0.916. The molecule has 2 atom stereocenters. The Balaban J connectivity index is 2.51. The third-order valence-electron chi connectivity index (χ3n) is 1.34. The summed E-state index contributed by atoms with van der Waals surface area (Å²) in [5.41, 5.74) is 0. The number of hydrogen-bond acceptors (Lipinski definition) is 2. The summed E-state index contributed by atoms with van der Waals surface area (Å²) in [5, 5.41) is 3.51. The summed E-state index contributed by atoms with van der Waals surface area (Å²) in [5.74, 6) is 0. The van der Waals surface area contributed by atoms with Gasteiger partial charge < -0.3 is 10.1 Å². The minimum Gasteiger partial charge on any atom is -0.466 e. The lowest BCUT2D eigenvalue weighted by molar-refractivity contribution is 0.231. The number of ether oxygens (including phenoxy) is 1. The van der Waals surface area contributed by atoms with E-state index in [4.69, 9.17) is 17.0 Å². The van der Waals surface area contributed by atoms with Gasteiger partial charge in [-0.05, 0) is 26.1 Å². The maximum atomic E-state index is 5.09. The van der Waals surface area contributed by atoms with Gasteiger partial charge in [0.15, 0.2) is 0 Å². The van der Waals surface area contributed by atoms with E-state index in [9.17, 15) is 0 Å². The summed E-state index contributed by atoms with van der Waals surface area (Å²) in [6.07, 6.45) is 0.238. The predicted molar refractivity (Wildman–Crippen MR) is 35.7 cm³/mol. The molecule has 1 heterocycles. The topological polar surface area (TPSA) is 21.3 Å². The highest BCUT2D eigenvalue weighted by Crippen LogP contribution is 2.05. The molecule has 8 heavy (non-hydrogen) atoms. The standard InChI is InChI=1S/C5H9NOS/c1-3-4(2)7-5(8)6-3/h3-4H,1-2H3,(H,6,8)/t3-,4-/m1/s1. The Labute approximate surface area is 54.2 Å². The molecule has 0 radical (unpaired) electrons. The number of nitrogens with one attached hydrogen (secondary N) is 1. The maximum Gasteiger partial charge on any atom is 0.257 e. The van der Waals surface area contributed by atoms with Crippen LogP contribution in [0.4, 0.5) is 0 Å². The van der Waals surface area contributed by atoms with Crippen LogP contribution in [0.1, 0.15) is 13.8 Å². The highest BCUT2D eigenvalue weighted by molar-refractivity contribution is 7.80. The van der Waals surface area contributed by atoms with E-state index in [1.165, 1.54) is 0 Å². The van der Waals surface area contributed by atoms with E-state index in [0.29, 0.717) is 11.2 Å². The maximum absolute atomic E-state index is 5.09. The van der Waals surface area contributed by atoms with Crippen LogP contribution in [0.25, 0.3) is 0 Å². The average Bonchev–Trinajstić information content (AvgIpc) is 1.85. The van der Waals surface area contributed by atoms with Crippen LogP contribution in [0.5, 0.6) is 0 Å². The molecular formula is C5H9NOS. The lowest BCUT2D eigenvalue weighted by Crippen LogP contribution is -2.25. The zero-order chi connectivity index (χ0) is 6.15. The van der Waals surface area contributed by atoms with Crippen LogP contribution >= 0.6 is 12.2 Å². The molecular weight excluding hydrogens is 122 g/mol. The second kappa shape index (κ2) is 1.90. The smallest absolute Gasteiger partial charge is 0.257 e. The van der Waals surface area contributed by atoms with Gasteiger partial charge in [-0.3, -0.25) is 0 Å². The van der Waals surface area contributed by atoms with Crippen molar-refractivity contribution in [3.63, 3.8) is 0 Å². The van der Waals surface area contributed by atoms with E-state index < -0.39 is 0 Å². The van der Waals surface area contributed by atoms with Gasteiger partial charge in [0.1, 0.15) is 6.10 Å². The summed E-state index contributed by atoms with van der Waals surface area (Å²) in [6.45, 7) is 4.04. The minimum absolute atomic E-state index is 0.238. The van der Waals surface area contributed by atoms with Crippen LogP contribution in [0.2, 0.25) is 0 Å². The van der Waals surface area contributed by atoms with Gasteiger partial charge in [-0.1, -0.05) is 0 Å². The van der Waals surface area contributed by atoms with Crippen molar-refractivity contribution in [2.24, 2.45) is 0 Å². The van der Waals surface area contributed by atoms with Gasteiger partial charge >= 0.3 is 0 Å². The number of hydrogen-bond donors (Lipinski definition) is 1. The van der Waals surface area contributed by atoms with E-state index in [1.807, 2.05) is 13.8 Å². The molecule has 1 saturated heterocycles. The molecule has 1 fully saturated rings. The molecule has 0 aromatic carbocycles. The minimum atomic E-state index is 0.238. The average molecular weight is 131 g/mol. The van der Waals surface area contributed by atoms with Crippen molar-refractivity contribution in [3.8, 4) is 0 Å². The van der Waals surface area contributed by atoms with Crippen LogP contribution in [-0.4, -0.2) is 17.3 Å². The lowest BCUT2D eigenvalue weighted by atomic mass is 10.2. The summed E-state index contributed by atoms with van der Waals surface area (Å²) in [4.78, 5) is 0. The quantitative estimate of drug-likeness (QED) is 0.488. The van der Waals surface area contributed by atoms with Crippen molar-refractivity contribution in [1.29, 1.82) is 0 Å². The molecule has 0 aliphatic carbocycles. The Bertz CT molecular complexity index is 103. The fraction of sp³-hybridized carbons (Fsp3) is 0.800. The van der Waals surface area contributed by atoms with Gasteiger partial charge in [0.2, 0.25) is 0 Å². The second-order valence-corrected chi connectivity index (χ2v) is 2.41. The fourth-order valence-corrected chi connectivity index (χ4v) is 0.946. The molecule has 0 aromatic heterocycles. The van der Waals surface area contributed by atoms with E-state index in [0.717, 1.165) is 0 Å². The second-order valence-electron chi connectivity index (χ2n) is 2.04. The number of rotatable bonds is 0. The molecule has 0 bridgehead atoms. The van der Waals surface area contributed by atoms with Gasteiger partial charge in [0, 0.05) is 0 Å². The van der Waals surface area contributed by atoms with Gasteiger partial charge in [-0.2, -0.15) is 0 Å². The number of thiocarbonyl (C=S) groups is 1. The van der Waals surface area contributed by atoms with Gasteiger partial charge in [0.05, 0.1) is 6.04 Å². The van der Waals surface area contributed by atoms with Crippen molar-refractivity contribution in [3.05, 3.63) is 0 Å². The Morgan fingerprint density at radius 1 is 1.62 bits per heavy atom. The Hall–Kier alpha value is -0.310. The van der Waals surface area contributed by atoms with Crippen LogP contribution in [0.15, 0.2) is 0 Å². The van der Waals surface area contributed by atoms with Crippen molar-refractivity contribution < 1.29 is 4.74 Å². The predicted octanol–water partition coefficient (Wildman–Crippen LogP) is 0.668. The highest BCUT2D eigenvalue weighted by atomic mass is 32.1. The highest BCUT2D eigenvalue weighted by Gasteiger charge is 2.22. The molecule has 0 saturated carbocycles. The molecule has 1 rings (SSSR count).